The Hall–Kier alpha value is -0.0400. The SMILES string of the molecule is CO.C[CH]C. The lowest BCUT2D eigenvalue weighted by molar-refractivity contribution is 0.399. The van der Waals surface area contributed by atoms with Crippen LogP contribution in [0, 0.1) is 6.42 Å². The van der Waals surface area contributed by atoms with Crippen molar-refractivity contribution in [3.63, 3.8) is 0 Å². The molecule has 0 atom stereocenters. The molecule has 0 bridgehead atoms. The summed E-state index contributed by atoms with van der Waals surface area (Å²) < 4.78 is 0. The van der Waals surface area contributed by atoms with E-state index in [1.54, 1.807) is 0 Å². The molecule has 0 aliphatic carbocycles. The van der Waals surface area contributed by atoms with Crippen molar-refractivity contribution in [2.45, 2.75) is 13.8 Å². The van der Waals surface area contributed by atoms with Gasteiger partial charge in [0.05, 0.1) is 0 Å². The Balaban J connectivity index is 0. The van der Waals surface area contributed by atoms with Crippen LogP contribution in [0.15, 0.2) is 0 Å². The summed E-state index contributed by atoms with van der Waals surface area (Å²) in [6.07, 6.45) is 2.00. The third-order valence-corrected chi connectivity index (χ3v) is 0. The highest BCUT2D eigenvalue weighted by Gasteiger charge is 1.36. The predicted octanol–water partition coefficient (Wildman–Crippen LogP) is 0.839. The Morgan fingerprint density at radius 1 is 1.20 bits per heavy atom. The quantitative estimate of drug-likeness (QED) is 0.452. The van der Waals surface area contributed by atoms with Crippen LogP contribution >= 0.6 is 0 Å². The van der Waals surface area contributed by atoms with Gasteiger partial charge in [0.15, 0.2) is 0 Å². The van der Waals surface area contributed by atoms with Crippen molar-refractivity contribution in [2.24, 2.45) is 0 Å². The topological polar surface area (TPSA) is 20.2 Å². The summed E-state index contributed by atoms with van der Waals surface area (Å²) in [7, 11) is 1.00. The van der Waals surface area contributed by atoms with Crippen LogP contribution in [0.2, 0.25) is 0 Å². The molecule has 0 heterocycles. The van der Waals surface area contributed by atoms with Gasteiger partial charge >= 0.3 is 0 Å². The highest BCUT2D eigenvalue weighted by Crippen LogP contribution is 1.53. The number of aliphatic hydroxyl groups excluding tert-OH is 1. The van der Waals surface area contributed by atoms with Gasteiger partial charge in [-0.05, 0) is 6.42 Å². The molecule has 1 nitrogen and oxygen atoms in total. The van der Waals surface area contributed by atoms with Crippen LogP contribution in [0.4, 0.5) is 0 Å². The van der Waals surface area contributed by atoms with E-state index in [0.717, 1.165) is 7.11 Å². The summed E-state index contributed by atoms with van der Waals surface area (Å²) >= 11 is 0. The van der Waals surface area contributed by atoms with Gasteiger partial charge in [0.2, 0.25) is 0 Å². The van der Waals surface area contributed by atoms with E-state index in [1.807, 2.05) is 20.3 Å². The van der Waals surface area contributed by atoms with Crippen molar-refractivity contribution >= 4 is 0 Å². The summed E-state index contributed by atoms with van der Waals surface area (Å²) in [6, 6.07) is 0. The largest absolute Gasteiger partial charge is 0.400 e. The molecule has 1 radical (unpaired) electrons. The van der Waals surface area contributed by atoms with Gasteiger partial charge in [-0.3, -0.25) is 0 Å². The van der Waals surface area contributed by atoms with E-state index in [4.69, 9.17) is 5.11 Å². The van der Waals surface area contributed by atoms with Gasteiger partial charge in [0, 0.05) is 7.11 Å². The molecule has 0 saturated heterocycles. The summed E-state index contributed by atoms with van der Waals surface area (Å²) in [4.78, 5) is 0. The van der Waals surface area contributed by atoms with Gasteiger partial charge in [-0.2, -0.15) is 0 Å². The molecule has 33 valence electrons. The zero-order valence-electron chi connectivity index (χ0n) is 4.02. The predicted molar refractivity (Wildman–Crippen MR) is 23.8 cm³/mol. The molecule has 0 aromatic heterocycles. The number of rotatable bonds is 0. The fourth-order valence-corrected chi connectivity index (χ4v) is 0. The summed E-state index contributed by atoms with van der Waals surface area (Å²) in [5.74, 6) is 0. The number of hydrogen-bond acceptors (Lipinski definition) is 1. The van der Waals surface area contributed by atoms with Gasteiger partial charge in [-0.1, -0.05) is 13.8 Å². The van der Waals surface area contributed by atoms with Crippen molar-refractivity contribution in [3.8, 4) is 0 Å². The first-order valence-electron chi connectivity index (χ1n) is 1.60. The Morgan fingerprint density at radius 2 is 1.20 bits per heavy atom. The van der Waals surface area contributed by atoms with E-state index in [-0.39, 0.29) is 0 Å². The van der Waals surface area contributed by atoms with Crippen LogP contribution in [0.5, 0.6) is 0 Å². The van der Waals surface area contributed by atoms with E-state index < -0.39 is 0 Å². The molecule has 0 fully saturated rings. The van der Waals surface area contributed by atoms with Crippen LogP contribution in [-0.4, -0.2) is 12.2 Å². The standard InChI is InChI=1S/C3H7.CH4O/c1-3-2;1-2/h3H,1-2H3;2H,1H3. The Bertz CT molecular complexity index is 3.61. The minimum atomic E-state index is 1.00. The van der Waals surface area contributed by atoms with Crippen LogP contribution < -0.4 is 0 Å². The summed E-state index contributed by atoms with van der Waals surface area (Å²) in [5, 5.41) is 7.00. The van der Waals surface area contributed by atoms with E-state index in [1.165, 1.54) is 0 Å². The molecule has 0 rings (SSSR count). The van der Waals surface area contributed by atoms with Crippen molar-refractivity contribution in [3.05, 3.63) is 6.42 Å². The second kappa shape index (κ2) is 37.6. The third kappa shape index (κ3) is 9510. The lowest BCUT2D eigenvalue weighted by atomic mass is 10.6. The van der Waals surface area contributed by atoms with E-state index >= 15 is 0 Å². The molecule has 0 aliphatic rings. The molecule has 0 aliphatic heterocycles. The van der Waals surface area contributed by atoms with Crippen molar-refractivity contribution in [1.29, 1.82) is 0 Å². The first kappa shape index (κ1) is 8.88. The van der Waals surface area contributed by atoms with Crippen LogP contribution in [-0.2, 0) is 0 Å². The van der Waals surface area contributed by atoms with Crippen LogP contribution in [0.1, 0.15) is 13.8 Å². The van der Waals surface area contributed by atoms with Crippen LogP contribution in [0.3, 0.4) is 0 Å². The molecule has 1 heteroatoms. The van der Waals surface area contributed by atoms with Gasteiger partial charge in [-0.15, -0.1) is 0 Å². The highest BCUT2D eigenvalue weighted by atomic mass is 16.2. The first-order valence-corrected chi connectivity index (χ1v) is 1.60. The van der Waals surface area contributed by atoms with Gasteiger partial charge in [-0.25, -0.2) is 0 Å². The van der Waals surface area contributed by atoms with Gasteiger partial charge in [0.1, 0.15) is 0 Å². The highest BCUT2D eigenvalue weighted by molar-refractivity contribution is 4.34. The number of hydrogen-bond donors (Lipinski definition) is 1. The third-order valence-electron chi connectivity index (χ3n) is 0. The first-order chi connectivity index (χ1) is 2.41. The van der Waals surface area contributed by atoms with Gasteiger partial charge < -0.3 is 5.11 Å². The number of aliphatic hydroxyl groups is 1. The maximum Gasteiger partial charge on any atom is 0.0319 e. The lowest BCUT2D eigenvalue weighted by Gasteiger charge is -1.47. The van der Waals surface area contributed by atoms with Crippen molar-refractivity contribution in [2.75, 3.05) is 7.11 Å². The second-order valence-electron chi connectivity index (χ2n) is 0.577. The molecule has 0 amide bonds. The molecule has 1 N–H and O–H groups in total. The minimum Gasteiger partial charge on any atom is -0.400 e. The zero-order valence-corrected chi connectivity index (χ0v) is 4.02. The zero-order chi connectivity index (χ0) is 4.71. The Labute approximate surface area is 33.6 Å². The lowest BCUT2D eigenvalue weighted by Crippen LogP contribution is -1.30. The smallest absolute Gasteiger partial charge is 0.0319 e. The molecular formula is C4H11O. The molecule has 0 spiro atoms. The van der Waals surface area contributed by atoms with E-state index in [0.29, 0.717) is 0 Å². The van der Waals surface area contributed by atoms with Gasteiger partial charge in [0.25, 0.3) is 0 Å². The summed E-state index contributed by atoms with van der Waals surface area (Å²) in [5.41, 5.74) is 0. The minimum absolute atomic E-state index is 1.00. The Kier molecular flexibility index (Phi) is 66.8. The monoisotopic (exact) mass is 75.1 g/mol. The molecular weight excluding hydrogens is 64.0 g/mol. The van der Waals surface area contributed by atoms with Crippen LogP contribution in [0.25, 0.3) is 0 Å². The maximum absolute atomic E-state index is 7.00. The van der Waals surface area contributed by atoms with Crippen molar-refractivity contribution < 1.29 is 5.11 Å². The fourth-order valence-electron chi connectivity index (χ4n) is 0. The molecule has 0 saturated carbocycles. The normalized spacial score (nSPS) is 4.80. The second-order valence-corrected chi connectivity index (χ2v) is 0.577. The summed E-state index contributed by atoms with van der Waals surface area (Å²) in [6.45, 7) is 4.00. The molecule has 0 aromatic rings. The van der Waals surface area contributed by atoms with Crippen molar-refractivity contribution in [1.82, 2.24) is 0 Å². The maximum atomic E-state index is 7.00. The molecule has 0 unspecified atom stereocenters. The average molecular weight is 75.1 g/mol. The fraction of sp³-hybridized carbons (Fsp3) is 0.750. The average Bonchev–Trinajstić information content (AvgIpc) is 1.46. The molecule has 0 aromatic carbocycles. The Morgan fingerprint density at radius 3 is 1.20 bits per heavy atom. The van der Waals surface area contributed by atoms with E-state index in [9.17, 15) is 0 Å². The molecule has 5 heavy (non-hydrogen) atoms. The van der Waals surface area contributed by atoms with E-state index in [2.05, 4.69) is 0 Å².